The smallest absolute Gasteiger partial charge is 0.191 e. The van der Waals surface area contributed by atoms with Crippen molar-refractivity contribution in [3.8, 4) is 5.75 Å². The Morgan fingerprint density at radius 2 is 1.90 bits per heavy atom. The third kappa shape index (κ3) is 6.99. The van der Waals surface area contributed by atoms with Crippen LogP contribution in [0.2, 0.25) is 0 Å². The van der Waals surface area contributed by atoms with Gasteiger partial charge in [-0.1, -0.05) is 25.1 Å². The van der Waals surface area contributed by atoms with Crippen molar-refractivity contribution in [3.63, 3.8) is 0 Å². The maximum Gasteiger partial charge on any atom is 0.191 e. The molecule has 2 N–H and O–H groups in total. The monoisotopic (exact) mass is 278 g/mol. The largest absolute Gasteiger partial charge is 0.492 e. The van der Waals surface area contributed by atoms with E-state index in [-0.39, 0.29) is 0 Å². The molecule has 0 spiro atoms. The normalized spacial score (nSPS) is 11.5. The topological polar surface area (TPSA) is 48.9 Å². The van der Waals surface area contributed by atoms with E-state index in [2.05, 4.69) is 34.5 Å². The Hall–Kier alpha value is -1.75. The van der Waals surface area contributed by atoms with Crippen LogP contribution in [0.5, 0.6) is 5.75 Å². The number of rotatable bonds is 8. The highest BCUT2D eigenvalue weighted by atomic mass is 16.5. The maximum absolute atomic E-state index is 5.61. The summed E-state index contributed by atoms with van der Waals surface area (Å²) in [6.45, 7) is 6.41. The lowest BCUT2D eigenvalue weighted by atomic mass is 10.3. The molecule has 1 aromatic carbocycles. The molecule has 0 unspecified atom stereocenters. The van der Waals surface area contributed by atoms with Gasteiger partial charge in [0, 0.05) is 20.1 Å². The first-order valence-corrected chi connectivity index (χ1v) is 7.07. The van der Waals surface area contributed by atoms with Crippen LogP contribution in [0.15, 0.2) is 35.3 Å². The van der Waals surface area contributed by atoms with Crippen LogP contribution >= 0.6 is 0 Å². The summed E-state index contributed by atoms with van der Waals surface area (Å²) in [4.78, 5) is 6.42. The summed E-state index contributed by atoms with van der Waals surface area (Å²) in [5.74, 6) is 1.70. The van der Waals surface area contributed by atoms with Gasteiger partial charge in [-0.3, -0.25) is 4.99 Å². The molecule has 0 bridgehead atoms. The SMILES string of the molecule is CCN(C)CCNC(=NC)NCCOc1ccccc1. The number of hydrogen-bond acceptors (Lipinski definition) is 3. The van der Waals surface area contributed by atoms with Gasteiger partial charge in [-0.05, 0) is 25.7 Å². The molecule has 0 saturated carbocycles. The number of guanidine groups is 1. The first kappa shape index (κ1) is 16.3. The zero-order valence-electron chi connectivity index (χ0n) is 12.7. The summed E-state index contributed by atoms with van der Waals surface area (Å²) in [5.41, 5.74) is 0. The highest BCUT2D eigenvalue weighted by Gasteiger charge is 1.98. The lowest BCUT2D eigenvalue weighted by molar-refractivity contribution is 0.321. The van der Waals surface area contributed by atoms with Gasteiger partial charge >= 0.3 is 0 Å². The van der Waals surface area contributed by atoms with Crippen LogP contribution in [-0.4, -0.2) is 57.7 Å². The number of nitrogens with one attached hydrogen (secondary N) is 2. The molecule has 112 valence electrons. The Kier molecular flexibility index (Phi) is 8.22. The first-order valence-electron chi connectivity index (χ1n) is 7.07. The van der Waals surface area contributed by atoms with E-state index in [0.29, 0.717) is 6.61 Å². The highest BCUT2D eigenvalue weighted by molar-refractivity contribution is 5.79. The molecule has 0 heterocycles. The van der Waals surface area contributed by atoms with Gasteiger partial charge in [-0.25, -0.2) is 0 Å². The third-order valence-corrected chi connectivity index (χ3v) is 2.96. The Labute approximate surface area is 122 Å². The Morgan fingerprint density at radius 1 is 1.20 bits per heavy atom. The van der Waals surface area contributed by atoms with Gasteiger partial charge in [-0.2, -0.15) is 0 Å². The number of ether oxygens (including phenoxy) is 1. The summed E-state index contributed by atoms with van der Waals surface area (Å²) in [6, 6.07) is 9.81. The van der Waals surface area contributed by atoms with Gasteiger partial charge in [0.2, 0.25) is 0 Å². The van der Waals surface area contributed by atoms with Crippen molar-refractivity contribution in [1.29, 1.82) is 0 Å². The van der Waals surface area contributed by atoms with Crippen LogP contribution in [0.1, 0.15) is 6.92 Å². The fraction of sp³-hybridized carbons (Fsp3) is 0.533. The number of para-hydroxylation sites is 1. The van der Waals surface area contributed by atoms with E-state index in [1.807, 2.05) is 30.3 Å². The van der Waals surface area contributed by atoms with E-state index in [1.54, 1.807) is 7.05 Å². The van der Waals surface area contributed by atoms with Gasteiger partial charge in [-0.15, -0.1) is 0 Å². The summed E-state index contributed by atoms with van der Waals surface area (Å²) in [5, 5.41) is 6.50. The molecule has 0 radical (unpaired) electrons. The van der Waals surface area contributed by atoms with E-state index >= 15 is 0 Å². The number of benzene rings is 1. The van der Waals surface area contributed by atoms with Crippen molar-refractivity contribution >= 4 is 5.96 Å². The van der Waals surface area contributed by atoms with Crippen molar-refractivity contribution in [2.45, 2.75) is 6.92 Å². The number of nitrogens with zero attached hydrogens (tertiary/aromatic N) is 2. The summed E-state index contributed by atoms with van der Waals surface area (Å²) in [7, 11) is 3.88. The molecule has 0 aromatic heterocycles. The molecule has 1 rings (SSSR count). The molecule has 5 heteroatoms. The quantitative estimate of drug-likeness (QED) is 0.426. The van der Waals surface area contributed by atoms with Crippen molar-refractivity contribution in [2.75, 3.05) is 46.9 Å². The van der Waals surface area contributed by atoms with Crippen molar-refractivity contribution < 1.29 is 4.74 Å². The lowest BCUT2D eigenvalue weighted by Crippen LogP contribution is -2.42. The van der Waals surface area contributed by atoms with Crippen molar-refractivity contribution in [1.82, 2.24) is 15.5 Å². The molecular weight excluding hydrogens is 252 g/mol. The highest BCUT2D eigenvalue weighted by Crippen LogP contribution is 2.07. The molecule has 0 aliphatic carbocycles. The zero-order chi connectivity index (χ0) is 14.6. The van der Waals surface area contributed by atoms with Crippen LogP contribution in [0.25, 0.3) is 0 Å². The standard InChI is InChI=1S/C15H26N4O/c1-4-19(3)12-10-17-15(16-2)18-11-13-20-14-8-6-5-7-9-14/h5-9H,4,10-13H2,1-3H3,(H2,16,17,18). The average Bonchev–Trinajstić information content (AvgIpc) is 2.50. The molecule has 20 heavy (non-hydrogen) atoms. The summed E-state index contributed by atoms with van der Waals surface area (Å²) in [6.07, 6.45) is 0. The molecule has 5 nitrogen and oxygen atoms in total. The molecule has 0 fully saturated rings. The van der Waals surface area contributed by atoms with Gasteiger partial charge in [0.15, 0.2) is 5.96 Å². The molecule has 0 aliphatic heterocycles. The first-order chi connectivity index (χ1) is 9.76. The minimum Gasteiger partial charge on any atom is -0.492 e. The van der Waals surface area contributed by atoms with E-state index in [1.165, 1.54) is 0 Å². The molecule has 1 aromatic rings. The van der Waals surface area contributed by atoms with E-state index in [4.69, 9.17) is 4.74 Å². The number of hydrogen-bond donors (Lipinski definition) is 2. The molecule has 0 saturated heterocycles. The van der Waals surface area contributed by atoms with Gasteiger partial charge in [0.05, 0.1) is 6.54 Å². The van der Waals surface area contributed by atoms with Crippen LogP contribution in [-0.2, 0) is 0 Å². The van der Waals surface area contributed by atoms with Gasteiger partial charge < -0.3 is 20.3 Å². The molecule has 0 aliphatic rings. The Balaban J connectivity index is 2.12. The van der Waals surface area contributed by atoms with Gasteiger partial charge in [0.25, 0.3) is 0 Å². The zero-order valence-corrected chi connectivity index (χ0v) is 12.7. The maximum atomic E-state index is 5.61. The van der Waals surface area contributed by atoms with Crippen LogP contribution in [0, 0.1) is 0 Å². The van der Waals surface area contributed by atoms with E-state index in [0.717, 1.165) is 37.9 Å². The van der Waals surface area contributed by atoms with Crippen LogP contribution in [0.3, 0.4) is 0 Å². The predicted octanol–water partition coefficient (Wildman–Crippen LogP) is 1.18. The number of aliphatic imine (C=N–C) groups is 1. The van der Waals surface area contributed by atoms with Crippen LogP contribution in [0.4, 0.5) is 0 Å². The van der Waals surface area contributed by atoms with E-state index in [9.17, 15) is 0 Å². The van der Waals surface area contributed by atoms with Crippen LogP contribution < -0.4 is 15.4 Å². The summed E-state index contributed by atoms with van der Waals surface area (Å²) >= 11 is 0. The second kappa shape index (κ2) is 10.1. The van der Waals surface area contributed by atoms with E-state index < -0.39 is 0 Å². The molecule has 0 amide bonds. The van der Waals surface area contributed by atoms with Crippen molar-refractivity contribution in [2.24, 2.45) is 4.99 Å². The average molecular weight is 278 g/mol. The third-order valence-electron chi connectivity index (χ3n) is 2.96. The minimum atomic E-state index is 0.611. The molecule has 0 atom stereocenters. The lowest BCUT2D eigenvalue weighted by Gasteiger charge is -2.16. The Bertz CT molecular complexity index is 381. The fourth-order valence-electron chi connectivity index (χ4n) is 1.60. The Morgan fingerprint density at radius 3 is 2.55 bits per heavy atom. The predicted molar refractivity (Wildman–Crippen MR) is 84.5 cm³/mol. The second-order valence-corrected chi connectivity index (χ2v) is 4.48. The minimum absolute atomic E-state index is 0.611. The van der Waals surface area contributed by atoms with Gasteiger partial charge in [0.1, 0.15) is 12.4 Å². The summed E-state index contributed by atoms with van der Waals surface area (Å²) < 4.78 is 5.61. The molecular formula is C15H26N4O. The second-order valence-electron chi connectivity index (χ2n) is 4.48. The number of likely N-dealkylation sites (N-methyl/N-ethyl adjacent to an activating group) is 1. The van der Waals surface area contributed by atoms with Crippen molar-refractivity contribution in [3.05, 3.63) is 30.3 Å². The fourth-order valence-corrected chi connectivity index (χ4v) is 1.60.